The van der Waals surface area contributed by atoms with Gasteiger partial charge in [-0.05, 0) is 32.7 Å². The molecule has 0 spiro atoms. The average molecular weight is 193 g/mol. The van der Waals surface area contributed by atoms with Crippen LogP contribution in [0.25, 0.3) is 0 Å². The van der Waals surface area contributed by atoms with Gasteiger partial charge < -0.3 is 9.47 Å². The summed E-state index contributed by atoms with van der Waals surface area (Å²) in [7, 11) is 0. The maximum absolute atomic E-state index is 4.07. The lowest BCUT2D eigenvalue weighted by molar-refractivity contribution is 0.260. The summed E-state index contributed by atoms with van der Waals surface area (Å²) in [6.07, 6.45) is 7.15. The third-order valence-corrected chi connectivity index (χ3v) is 3.08. The highest BCUT2D eigenvalue weighted by molar-refractivity contribution is 4.81. The third kappa shape index (κ3) is 2.15. The quantitative estimate of drug-likeness (QED) is 0.727. The van der Waals surface area contributed by atoms with Crippen molar-refractivity contribution in [3.63, 3.8) is 0 Å². The van der Waals surface area contributed by atoms with E-state index < -0.39 is 0 Å². The Morgan fingerprint density at radius 1 is 1.50 bits per heavy atom. The summed E-state index contributed by atoms with van der Waals surface area (Å²) in [5.41, 5.74) is 0. The number of aromatic nitrogens is 2. The van der Waals surface area contributed by atoms with E-state index in [9.17, 15) is 0 Å². The van der Waals surface area contributed by atoms with Crippen LogP contribution in [0.1, 0.15) is 20.3 Å². The van der Waals surface area contributed by atoms with Gasteiger partial charge in [-0.1, -0.05) is 0 Å². The fourth-order valence-electron chi connectivity index (χ4n) is 2.17. The molecule has 1 aliphatic heterocycles. The topological polar surface area (TPSA) is 21.1 Å². The van der Waals surface area contributed by atoms with Crippen LogP contribution in [0.2, 0.25) is 0 Å². The van der Waals surface area contributed by atoms with E-state index in [0.29, 0.717) is 6.04 Å². The molecule has 0 amide bonds. The van der Waals surface area contributed by atoms with Gasteiger partial charge in [-0.3, -0.25) is 0 Å². The Bertz CT molecular complexity index is 266. The van der Waals surface area contributed by atoms with Crippen LogP contribution in [0, 0.1) is 5.92 Å². The minimum absolute atomic E-state index is 0.697. The zero-order chi connectivity index (χ0) is 9.97. The van der Waals surface area contributed by atoms with E-state index >= 15 is 0 Å². The zero-order valence-corrected chi connectivity index (χ0v) is 9.06. The second-order valence-electron chi connectivity index (χ2n) is 4.50. The maximum atomic E-state index is 4.07. The first-order valence-electron chi connectivity index (χ1n) is 5.45. The fraction of sp³-hybridized carbons (Fsp3) is 0.727. The molecule has 1 aromatic heterocycles. The van der Waals surface area contributed by atoms with E-state index in [1.165, 1.54) is 19.5 Å². The van der Waals surface area contributed by atoms with E-state index in [2.05, 4.69) is 34.5 Å². The molecule has 0 aliphatic carbocycles. The van der Waals surface area contributed by atoms with Crippen LogP contribution in [-0.4, -0.2) is 33.6 Å². The number of nitrogens with zero attached hydrogens (tertiary/aromatic N) is 3. The molecule has 0 bridgehead atoms. The Labute approximate surface area is 85.7 Å². The molecule has 1 aromatic rings. The minimum Gasteiger partial charge on any atom is -0.337 e. The van der Waals surface area contributed by atoms with Crippen LogP contribution in [0.4, 0.5) is 0 Å². The average Bonchev–Trinajstić information content (AvgIpc) is 2.75. The molecule has 3 heteroatoms. The molecule has 1 saturated heterocycles. The van der Waals surface area contributed by atoms with E-state index in [0.717, 1.165) is 12.5 Å². The molecule has 14 heavy (non-hydrogen) atoms. The third-order valence-electron chi connectivity index (χ3n) is 3.08. The molecule has 1 atom stereocenters. The molecule has 2 heterocycles. The maximum Gasteiger partial charge on any atom is 0.0946 e. The van der Waals surface area contributed by atoms with Gasteiger partial charge >= 0.3 is 0 Å². The summed E-state index contributed by atoms with van der Waals surface area (Å²) in [4.78, 5) is 6.62. The minimum atomic E-state index is 0.697. The first-order chi connectivity index (χ1) is 6.75. The molecule has 1 aliphatic rings. The predicted octanol–water partition coefficient (Wildman–Crippen LogP) is 1.61. The van der Waals surface area contributed by atoms with Crippen LogP contribution in [-0.2, 0) is 6.54 Å². The molecule has 0 N–H and O–H groups in total. The first-order valence-corrected chi connectivity index (χ1v) is 5.45. The van der Waals surface area contributed by atoms with Crippen LogP contribution in [0.5, 0.6) is 0 Å². The molecule has 1 fully saturated rings. The van der Waals surface area contributed by atoms with Gasteiger partial charge in [0, 0.05) is 31.5 Å². The lowest BCUT2D eigenvalue weighted by atomic mass is 10.1. The predicted molar refractivity (Wildman–Crippen MR) is 57.0 cm³/mol. The number of likely N-dealkylation sites (tertiary alicyclic amines) is 1. The molecule has 0 saturated carbocycles. The largest absolute Gasteiger partial charge is 0.337 e. The number of hydrogen-bond donors (Lipinski definition) is 0. The molecular weight excluding hydrogens is 174 g/mol. The molecule has 2 rings (SSSR count). The second-order valence-corrected chi connectivity index (χ2v) is 4.50. The summed E-state index contributed by atoms with van der Waals surface area (Å²) in [5.74, 6) is 0.812. The molecule has 0 radical (unpaired) electrons. The number of rotatable bonds is 3. The first kappa shape index (κ1) is 9.71. The van der Waals surface area contributed by atoms with Gasteiger partial charge in [0.15, 0.2) is 0 Å². The SMILES string of the molecule is CC(C)N1CC[C@@H](Cn2ccnc2)C1. The van der Waals surface area contributed by atoms with Gasteiger partial charge in [-0.2, -0.15) is 0 Å². The van der Waals surface area contributed by atoms with Gasteiger partial charge in [0.1, 0.15) is 0 Å². The van der Waals surface area contributed by atoms with Crippen molar-refractivity contribution in [2.24, 2.45) is 5.92 Å². The number of imidazole rings is 1. The van der Waals surface area contributed by atoms with Crippen molar-refractivity contribution in [1.29, 1.82) is 0 Å². The van der Waals surface area contributed by atoms with Crippen molar-refractivity contribution in [3.05, 3.63) is 18.7 Å². The summed E-state index contributed by atoms with van der Waals surface area (Å²) < 4.78 is 2.19. The van der Waals surface area contributed by atoms with Gasteiger partial charge in [0.2, 0.25) is 0 Å². The highest BCUT2D eigenvalue weighted by Crippen LogP contribution is 2.19. The summed E-state index contributed by atoms with van der Waals surface area (Å²) in [6.45, 7) is 8.19. The Kier molecular flexibility index (Phi) is 2.87. The standard InChI is InChI=1S/C11H19N3/c1-10(2)14-5-3-11(8-14)7-13-6-4-12-9-13/h4,6,9-11H,3,5,7-8H2,1-2H3/t11-/m0/s1. The lowest BCUT2D eigenvalue weighted by Gasteiger charge is -2.20. The summed E-state index contributed by atoms with van der Waals surface area (Å²) >= 11 is 0. The van der Waals surface area contributed by atoms with Crippen molar-refractivity contribution < 1.29 is 0 Å². The second kappa shape index (κ2) is 4.13. The van der Waals surface area contributed by atoms with Crippen molar-refractivity contribution in [2.45, 2.75) is 32.9 Å². The zero-order valence-electron chi connectivity index (χ0n) is 9.06. The van der Waals surface area contributed by atoms with Crippen molar-refractivity contribution in [3.8, 4) is 0 Å². The van der Waals surface area contributed by atoms with Gasteiger partial charge in [-0.25, -0.2) is 4.98 Å². The van der Waals surface area contributed by atoms with E-state index in [4.69, 9.17) is 0 Å². The monoisotopic (exact) mass is 193 g/mol. The Balaban J connectivity index is 1.84. The highest BCUT2D eigenvalue weighted by Gasteiger charge is 2.23. The number of hydrogen-bond acceptors (Lipinski definition) is 2. The Hall–Kier alpha value is -0.830. The van der Waals surface area contributed by atoms with Crippen molar-refractivity contribution in [1.82, 2.24) is 14.5 Å². The van der Waals surface area contributed by atoms with Gasteiger partial charge in [0.25, 0.3) is 0 Å². The lowest BCUT2D eigenvalue weighted by Crippen LogP contribution is -2.28. The summed E-state index contributed by atoms with van der Waals surface area (Å²) in [6, 6.07) is 0.697. The molecule has 3 nitrogen and oxygen atoms in total. The molecule has 78 valence electrons. The normalized spacial score (nSPS) is 23.5. The Morgan fingerprint density at radius 3 is 2.93 bits per heavy atom. The molecule has 0 aromatic carbocycles. The van der Waals surface area contributed by atoms with Crippen LogP contribution in [0.15, 0.2) is 18.7 Å². The van der Waals surface area contributed by atoms with E-state index in [1.807, 2.05) is 12.5 Å². The Morgan fingerprint density at radius 2 is 2.36 bits per heavy atom. The molecule has 0 unspecified atom stereocenters. The van der Waals surface area contributed by atoms with Crippen LogP contribution < -0.4 is 0 Å². The fourth-order valence-corrected chi connectivity index (χ4v) is 2.17. The van der Waals surface area contributed by atoms with Crippen molar-refractivity contribution in [2.75, 3.05) is 13.1 Å². The van der Waals surface area contributed by atoms with Gasteiger partial charge in [0.05, 0.1) is 6.33 Å². The smallest absolute Gasteiger partial charge is 0.0946 e. The molecular formula is C11H19N3. The van der Waals surface area contributed by atoms with Gasteiger partial charge in [-0.15, -0.1) is 0 Å². The summed E-state index contributed by atoms with van der Waals surface area (Å²) in [5, 5.41) is 0. The van der Waals surface area contributed by atoms with Crippen LogP contribution in [0.3, 0.4) is 0 Å². The van der Waals surface area contributed by atoms with Crippen molar-refractivity contribution >= 4 is 0 Å². The highest BCUT2D eigenvalue weighted by atomic mass is 15.2. The van der Waals surface area contributed by atoms with E-state index in [-0.39, 0.29) is 0 Å². The van der Waals surface area contributed by atoms with Crippen LogP contribution >= 0.6 is 0 Å². The van der Waals surface area contributed by atoms with E-state index in [1.54, 1.807) is 0 Å².